The number of amides is 1. The number of piperazine rings is 1. The Morgan fingerprint density at radius 3 is 2.21 bits per heavy atom. The van der Waals surface area contributed by atoms with Crippen molar-refractivity contribution in [3.63, 3.8) is 0 Å². The summed E-state index contributed by atoms with van der Waals surface area (Å²) >= 11 is 0. The van der Waals surface area contributed by atoms with Crippen LogP contribution in [0.1, 0.15) is 17.0 Å². The first-order valence-electron chi connectivity index (χ1n) is 8.98. The van der Waals surface area contributed by atoms with Gasteiger partial charge in [-0.15, -0.1) is 0 Å². The van der Waals surface area contributed by atoms with Crippen LogP contribution in [-0.2, 0) is 17.5 Å². The molecular weight excluding hydrogens is 373 g/mol. The number of benzene rings is 1. The molecule has 1 aromatic heterocycles. The summed E-state index contributed by atoms with van der Waals surface area (Å²) in [4.78, 5) is 16.4. The molecule has 1 amide bonds. The van der Waals surface area contributed by atoms with E-state index in [2.05, 4.69) is 10.00 Å². The molecule has 152 valence electrons. The van der Waals surface area contributed by atoms with Gasteiger partial charge >= 0.3 is 6.18 Å². The van der Waals surface area contributed by atoms with Crippen LogP contribution < -0.4 is 9.64 Å². The number of aromatic nitrogens is 2. The van der Waals surface area contributed by atoms with Gasteiger partial charge in [-0.1, -0.05) is 0 Å². The highest BCUT2D eigenvalue weighted by atomic mass is 19.4. The number of rotatable bonds is 4. The maximum atomic E-state index is 13.0. The number of methoxy groups -OCH3 is 1. The van der Waals surface area contributed by atoms with E-state index in [-0.39, 0.29) is 18.0 Å². The molecule has 1 fully saturated rings. The zero-order valence-corrected chi connectivity index (χ0v) is 16.1. The van der Waals surface area contributed by atoms with Crippen LogP contribution in [0.3, 0.4) is 0 Å². The Hall–Kier alpha value is -2.71. The number of anilines is 1. The molecule has 28 heavy (non-hydrogen) atoms. The van der Waals surface area contributed by atoms with Gasteiger partial charge in [0.15, 0.2) is 5.69 Å². The summed E-state index contributed by atoms with van der Waals surface area (Å²) in [7, 11) is 1.61. The summed E-state index contributed by atoms with van der Waals surface area (Å²) in [6.45, 7) is 5.07. The van der Waals surface area contributed by atoms with Gasteiger partial charge in [0, 0.05) is 43.1 Å². The van der Waals surface area contributed by atoms with Crippen LogP contribution in [0, 0.1) is 13.8 Å². The van der Waals surface area contributed by atoms with Crippen molar-refractivity contribution < 1.29 is 22.7 Å². The highest BCUT2D eigenvalue weighted by molar-refractivity contribution is 5.76. The third kappa shape index (κ3) is 4.07. The van der Waals surface area contributed by atoms with Crippen LogP contribution in [0.15, 0.2) is 24.3 Å². The minimum Gasteiger partial charge on any atom is -0.497 e. The number of hydrogen-bond acceptors (Lipinski definition) is 4. The van der Waals surface area contributed by atoms with Crippen LogP contribution in [0.4, 0.5) is 18.9 Å². The second kappa shape index (κ2) is 7.73. The summed E-state index contributed by atoms with van der Waals surface area (Å²) in [6, 6.07) is 7.69. The lowest BCUT2D eigenvalue weighted by molar-refractivity contribution is -0.142. The number of alkyl halides is 3. The van der Waals surface area contributed by atoms with E-state index in [0.717, 1.165) is 16.1 Å². The van der Waals surface area contributed by atoms with Crippen LogP contribution in [0.2, 0.25) is 0 Å². The first-order valence-corrected chi connectivity index (χ1v) is 8.98. The lowest BCUT2D eigenvalue weighted by Gasteiger charge is -2.36. The van der Waals surface area contributed by atoms with E-state index in [9.17, 15) is 18.0 Å². The fourth-order valence-electron chi connectivity index (χ4n) is 3.29. The first-order chi connectivity index (χ1) is 13.2. The quantitative estimate of drug-likeness (QED) is 0.798. The van der Waals surface area contributed by atoms with Gasteiger partial charge in [-0.05, 0) is 38.1 Å². The number of carbonyl (C=O) groups excluding carboxylic acids is 1. The normalized spacial score (nSPS) is 15.1. The van der Waals surface area contributed by atoms with E-state index in [1.165, 1.54) is 6.92 Å². The van der Waals surface area contributed by atoms with E-state index in [4.69, 9.17) is 4.74 Å². The van der Waals surface area contributed by atoms with Gasteiger partial charge in [0.05, 0.1) is 7.11 Å². The predicted octanol–water partition coefficient (Wildman–Crippen LogP) is 2.88. The number of ether oxygens (including phenoxy) is 1. The molecule has 1 saturated heterocycles. The van der Waals surface area contributed by atoms with Gasteiger partial charge in [-0.25, -0.2) is 0 Å². The lowest BCUT2D eigenvalue weighted by atomic mass is 10.2. The Bertz CT molecular complexity index is 838. The molecule has 3 rings (SSSR count). The van der Waals surface area contributed by atoms with E-state index in [1.807, 2.05) is 24.3 Å². The van der Waals surface area contributed by atoms with Crippen molar-refractivity contribution in [2.75, 3.05) is 38.2 Å². The van der Waals surface area contributed by atoms with Crippen molar-refractivity contribution in [3.8, 4) is 5.75 Å². The molecule has 0 unspecified atom stereocenters. The molecule has 0 bridgehead atoms. The second-order valence-corrected chi connectivity index (χ2v) is 6.78. The zero-order valence-electron chi connectivity index (χ0n) is 16.1. The molecule has 2 heterocycles. The number of hydrogen-bond donors (Lipinski definition) is 0. The van der Waals surface area contributed by atoms with Gasteiger partial charge < -0.3 is 14.5 Å². The Kier molecular flexibility index (Phi) is 5.53. The van der Waals surface area contributed by atoms with Gasteiger partial charge in [-0.3, -0.25) is 9.48 Å². The fraction of sp³-hybridized carbons (Fsp3) is 0.474. The van der Waals surface area contributed by atoms with Gasteiger partial charge in [-0.2, -0.15) is 18.3 Å². The molecule has 1 aliphatic heterocycles. The smallest absolute Gasteiger partial charge is 0.435 e. The van der Waals surface area contributed by atoms with Gasteiger partial charge in [0.1, 0.15) is 12.3 Å². The minimum atomic E-state index is -4.52. The van der Waals surface area contributed by atoms with Crippen LogP contribution in [0.5, 0.6) is 5.75 Å². The average Bonchev–Trinajstić information content (AvgIpc) is 2.97. The molecule has 0 N–H and O–H groups in total. The Labute approximate surface area is 161 Å². The van der Waals surface area contributed by atoms with Crippen LogP contribution in [0.25, 0.3) is 0 Å². The maximum Gasteiger partial charge on any atom is 0.435 e. The highest BCUT2D eigenvalue weighted by Crippen LogP contribution is 2.31. The van der Waals surface area contributed by atoms with Crippen molar-refractivity contribution in [1.82, 2.24) is 14.7 Å². The molecule has 2 aromatic rings. The van der Waals surface area contributed by atoms with Crippen molar-refractivity contribution >= 4 is 11.6 Å². The molecule has 9 heteroatoms. The maximum absolute atomic E-state index is 13.0. The first kappa shape index (κ1) is 20.0. The van der Waals surface area contributed by atoms with Gasteiger partial charge in [0.2, 0.25) is 5.91 Å². The molecule has 1 aromatic carbocycles. The van der Waals surface area contributed by atoms with E-state index in [0.29, 0.717) is 31.9 Å². The van der Waals surface area contributed by atoms with Crippen molar-refractivity contribution in [1.29, 1.82) is 0 Å². The Morgan fingerprint density at radius 1 is 1.11 bits per heavy atom. The standard InChI is InChI=1S/C19H23F3N4O2/c1-13-14(2)26(23-18(13)19(20,21)22)12-17(27)25-10-8-24(9-11-25)15-4-6-16(28-3)7-5-15/h4-7H,8-12H2,1-3H3. The molecule has 0 saturated carbocycles. The van der Waals surface area contributed by atoms with E-state index in [1.54, 1.807) is 18.9 Å². The third-order valence-electron chi connectivity index (χ3n) is 5.13. The topological polar surface area (TPSA) is 50.6 Å². The SMILES string of the molecule is COc1ccc(N2CCN(C(=O)Cn3nc(C(F)(F)F)c(C)c3C)CC2)cc1. The molecule has 6 nitrogen and oxygen atoms in total. The molecule has 0 spiro atoms. The van der Waals surface area contributed by atoms with Crippen molar-refractivity contribution in [2.24, 2.45) is 0 Å². The summed E-state index contributed by atoms with van der Waals surface area (Å²) < 4.78 is 45.3. The number of halogens is 3. The number of carbonyl (C=O) groups is 1. The second-order valence-electron chi connectivity index (χ2n) is 6.78. The summed E-state index contributed by atoms with van der Waals surface area (Å²) in [6.07, 6.45) is -4.52. The zero-order chi connectivity index (χ0) is 20.5. The summed E-state index contributed by atoms with van der Waals surface area (Å²) in [5, 5.41) is 3.62. The highest BCUT2D eigenvalue weighted by Gasteiger charge is 2.37. The average molecular weight is 396 g/mol. The van der Waals surface area contributed by atoms with E-state index >= 15 is 0 Å². The summed E-state index contributed by atoms with van der Waals surface area (Å²) in [5.41, 5.74) is 0.533. The van der Waals surface area contributed by atoms with E-state index < -0.39 is 11.9 Å². The fourth-order valence-corrected chi connectivity index (χ4v) is 3.29. The minimum absolute atomic E-state index is 0.0598. The molecule has 1 aliphatic rings. The lowest BCUT2D eigenvalue weighted by Crippen LogP contribution is -2.49. The van der Waals surface area contributed by atoms with Crippen molar-refractivity contribution in [3.05, 3.63) is 41.2 Å². The molecule has 0 radical (unpaired) electrons. The molecular formula is C19H23F3N4O2. The predicted molar refractivity (Wildman–Crippen MR) is 98.5 cm³/mol. The largest absolute Gasteiger partial charge is 0.497 e. The monoisotopic (exact) mass is 396 g/mol. The Balaban J connectivity index is 1.61. The molecule has 0 atom stereocenters. The van der Waals surface area contributed by atoms with Gasteiger partial charge in [0.25, 0.3) is 0 Å². The van der Waals surface area contributed by atoms with Crippen molar-refractivity contribution in [2.45, 2.75) is 26.6 Å². The molecule has 0 aliphatic carbocycles. The Morgan fingerprint density at radius 2 is 1.71 bits per heavy atom. The number of nitrogens with zero attached hydrogens (tertiary/aromatic N) is 4. The van der Waals surface area contributed by atoms with Crippen LogP contribution in [-0.4, -0.2) is 53.9 Å². The van der Waals surface area contributed by atoms with Crippen LogP contribution >= 0.6 is 0 Å². The summed E-state index contributed by atoms with van der Waals surface area (Å²) in [5.74, 6) is 0.550. The third-order valence-corrected chi connectivity index (χ3v) is 5.13.